The summed E-state index contributed by atoms with van der Waals surface area (Å²) >= 11 is 6.31. The van der Waals surface area contributed by atoms with Crippen molar-refractivity contribution >= 4 is 23.4 Å². The molecule has 0 radical (unpaired) electrons. The van der Waals surface area contributed by atoms with Gasteiger partial charge in [0.05, 0.1) is 0 Å². The molecule has 4 rings (SSSR count). The zero-order valence-electron chi connectivity index (χ0n) is 22.3. The monoisotopic (exact) mass is 532 g/mol. The molecule has 0 aliphatic heterocycles. The maximum atomic E-state index is 13.8. The molecule has 1 atom stereocenters. The molecular weight excluding hydrogens is 496 g/mol. The second-order valence-corrected chi connectivity index (χ2v) is 10.6. The topological polar surface area (TPSA) is 58.6 Å². The molecule has 38 heavy (non-hydrogen) atoms. The van der Waals surface area contributed by atoms with Gasteiger partial charge in [0.15, 0.2) is 6.61 Å². The second kappa shape index (κ2) is 13.5. The van der Waals surface area contributed by atoms with Crippen LogP contribution in [-0.4, -0.2) is 35.4 Å². The van der Waals surface area contributed by atoms with Gasteiger partial charge in [-0.2, -0.15) is 0 Å². The first-order valence-corrected chi connectivity index (χ1v) is 13.9. The summed E-state index contributed by atoms with van der Waals surface area (Å²) in [5.74, 6) is 0.241. The molecule has 1 saturated carbocycles. The van der Waals surface area contributed by atoms with Crippen LogP contribution in [0.2, 0.25) is 5.02 Å². The highest BCUT2D eigenvalue weighted by molar-refractivity contribution is 6.32. The molecule has 0 bridgehead atoms. The van der Waals surface area contributed by atoms with Gasteiger partial charge in [0, 0.05) is 24.0 Å². The molecule has 0 aromatic heterocycles. The van der Waals surface area contributed by atoms with E-state index >= 15 is 0 Å². The van der Waals surface area contributed by atoms with E-state index in [1.807, 2.05) is 86.6 Å². The van der Waals surface area contributed by atoms with E-state index in [0.717, 1.165) is 47.9 Å². The number of rotatable bonds is 10. The van der Waals surface area contributed by atoms with E-state index in [4.69, 9.17) is 16.3 Å². The molecule has 200 valence electrons. The maximum absolute atomic E-state index is 13.8. The third-order valence-corrected chi connectivity index (χ3v) is 7.79. The van der Waals surface area contributed by atoms with E-state index in [1.54, 1.807) is 4.90 Å². The molecule has 6 heteroatoms. The fourth-order valence-corrected chi connectivity index (χ4v) is 5.20. The lowest BCUT2D eigenvalue weighted by Crippen LogP contribution is -2.53. The number of hydrogen-bond acceptors (Lipinski definition) is 3. The zero-order chi connectivity index (χ0) is 26.9. The molecule has 0 saturated heterocycles. The highest BCUT2D eigenvalue weighted by Crippen LogP contribution is 2.26. The van der Waals surface area contributed by atoms with Gasteiger partial charge >= 0.3 is 0 Å². The summed E-state index contributed by atoms with van der Waals surface area (Å²) in [5, 5.41) is 3.96. The minimum absolute atomic E-state index is 0.108. The van der Waals surface area contributed by atoms with E-state index in [-0.39, 0.29) is 24.5 Å². The quantitative estimate of drug-likeness (QED) is 0.327. The number of aryl methyl sites for hydroxylation is 2. The smallest absolute Gasteiger partial charge is 0.261 e. The van der Waals surface area contributed by atoms with Gasteiger partial charge in [-0.1, -0.05) is 91.5 Å². The maximum Gasteiger partial charge on any atom is 0.261 e. The number of carbonyl (C=O) groups excluding carboxylic acids is 2. The fraction of sp³-hybridized carbons (Fsp3) is 0.375. The number of nitrogens with one attached hydrogen (secondary N) is 1. The van der Waals surface area contributed by atoms with Crippen molar-refractivity contribution < 1.29 is 14.3 Å². The van der Waals surface area contributed by atoms with Crippen LogP contribution in [-0.2, 0) is 22.6 Å². The standard InChI is InChI=1S/C32H37ClN2O3/c1-23-18-28(19-24(2)31(23)33)38-22-30(36)35(21-26-14-8-4-9-15-26)29(20-25-12-6-3-7-13-25)32(37)34-27-16-10-5-11-17-27/h3-4,6-9,12-15,18-19,27,29H,5,10-11,16-17,20-22H2,1-2H3,(H,34,37)/t29-/m1/s1. The van der Waals surface area contributed by atoms with Gasteiger partial charge in [0.2, 0.25) is 5.91 Å². The summed E-state index contributed by atoms with van der Waals surface area (Å²) in [4.78, 5) is 29.3. The Labute approximate surface area is 231 Å². The molecule has 2 amide bonds. The molecule has 0 heterocycles. The summed E-state index contributed by atoms with van der Waals surface area (Å²) in [7, 11) is 0. The molecule has 3 aromatic carbocycles. The molecule has 0 unspecified atom stereocenters. The van der Waals surface area contributed by atoms with Crippen LogP contribution in [0.15, 0.2) is 72.8 Å². The molecule has 5 nitrogen and oxygen atoms in total. The highest BCUT2D eigenvalue weighted by Gasteiger charge is 2.32. The number of carbonyl (C=O) groups is 2. The van der Waals surface area contributed by atoms with Crippen LogP contribution in [0.1, 0.15) is 54.4 Å². The van der Waals surface area contributed by atoms with Gasteiger partial charge < -0.3 is 15.0 Å². The van der Waals surface area contributed by atoms with Crippen molar-refractivity contribution in [2.45, 2.75) is 71.0 Å². The van der Waals surface area contributed by atoms with Gasteiger partial charge in [-0.3, -0.25) is 9.59 Å². The first kappa shape index (κ1) is 27.7. The first-order valence-electron chi connectivity index (χ1n) is 13.5. The normalized spacial score (nSPS) is 14.5. The third kappa shape index (κ3) is 7.61. The Morgan fingerprint density at radius 3 is 2.11 bits per heavy atom. The van der Waals surface area contributed by atoms with Gasteiger partial charge in [-0.05, 0) is 61.1 Å². The van der Waals surface area contributed by atoms with E-state index < -0.39 is 6.04 Å². The molecule has 3 aromatic rings. The van der Waals surface area contributed by atoms with Crippen molar-refractivity contribution in [3.8, 4) is 5.75 Å². The fourth-order valence-electron chi connectivity index (χ4n) is 5.10. The lowest BCUT2D eigenvalue weighted by molar-refractivity contribution is -0.143. The number of ether oxygens (including phenoxy) is 1. The van der Waals surface area contributed by atoms with Crippen molar-refractivity contribution in [3.05, 3.63) is 100 Å². The number of amides is 2. The summed E-state index contributed by atoms with van der Waals surface area (Å²) in [6, 6.07) is 22.8. The predicted molar refractivity (Wildman–Crippen MR) is 152 cm³/mol. The Morgan fingerprint density at radius 2 is 1.50 bits per heavy atom. The van der Waals surface area contributed by atoms with E-state index in [9.17, 15) is 9.59 Å². The number of hydrogen-bond donors (Lipinski definition) is 1. The molecule has 1 aliphatic carbocycles. The van der Waals surface area contributed by atoms with E-state index in [2.05, 4.69) is 5.32 Å². The molecule has 1 aliphatic rings. The Hall–Kier alpha value is -3.31. The largest absolute Gasteiger partial charge is 0.484 e. The van der Waals surface area contributed by atoms with Crippen LogP contribution in [0.3, 0.4) is 0 Å². The Morgan fingerprint density at radius 1 is 0.921 bits per heavy atom. The molecule has 1 N–H and O–H groups in total. The van der Waals surface area contributed by atoms with E-state index in [1.165, 1.54) is 6.42 Å². The van der Waals surface area contributed by atoms with Gasteiger partial charge in [0.1, 0.15) is 11.8 Å². The molecule has 1 fully saturated rings. The van der Waals surface area contributed by atoms with Crippen LogP contribution < -0.4 is 10.1 Å². The number of benzene rings is 3. The van der Waals surface area contributed by atoms with Crippen LogP contribution in [0.25, 0.3) is 0 Å². The lowest BCUT2D eigenvalue weighted by Gasteiger charge is -2.33. The summed E-state index contributed by atoms with van der Waals surface area (Å²) in [6.45, 7) is 3.97. The van der Waals surface area contributed by atoms with Crippen molar-refractivity contribution in [1.29, 1.82) is 0 Å². The zero-order valence-corrected chi connectivity index (χ0v) is 23.0. The minimum atomic E-state index is -0.663. The van der Waals surface area contributed by atoms with Crippen molar-refractivity contribution in [1.82, 2.24) is 10.2 Å². The second-order valence-electron chi connectivity index (χ2n) is 10.2. The van der Waals surface area contributed by atoms with Crippen LogP contribution >= 0.6 is 11.6 Å². The van der Waals surface area contributed by atoms with Crippen LogP contribution in [0.5, 0.6) is 5.75 Å². The van der Waals surface area contributed by atoms with Crippen molar-refractivity contribution in [3.63, 3.8) is 0 Å². The predicted octanol–water partition coefficient (Wildman–Crippen LogP) is 6.42. The molecular formula is C32H37ClN2O3. The first-order chi connectivity index (χ1) is 18.4. The minimum Gasteiger partial charge on any atom is -0.484 e. The Balaban J connectivity index is 1.60. The van der Waals surface area contributed by atoms with Crippen LogP contribution in [0, 0.1) is 13.8 Å². The average molecular weight is 533 g/mol. The highest BCUT2D eigenvalue weighted by atomic mass is 35.5. The van der Waals surface area contributed by atoms with Gasteiger partial charge in [0.25, 0.3) is 5.91 Å². The number of halogens is 1. The summed E-state index contributed by atoms with van der Waals surface area (Å²) < 4.78 is 5.95. The van der Waals surface area contributed by atoms with E-state index in [0.29, 0.717) is 23.7 Å². The number of nitrogens with zero attached hydrogens (tertiary/aromatic N) is 1. The summed E-state index contributed by atoms with van der Waals surface area (Å²) in [6.07, 6.45) is 5.84. The third-order valence-electron chi connectivity index (χ3n) is 7.19. The molecule has 0 spiro atoms. The Kier molecular flexibility index (Phi) is 9.83. The average Bonchev–Trinajstić information content (AvgIpc) is 2.94. The van der Waals surface area contributed by atoms with Crippen LogP contribution in [0.4, 0.5) is 0 Å². The SMILES string of the molecule is Cc1cc(OCC(=O)N(Cc2ccccc2)[C@H](Cc2ccccc2)C(=O)NC2CCCCC2)cc(C)c1Cl. The Bertz CT molecular complexity index is 1190. The summed E-state index contributed by atoms with van der Waals surface area (Å²) in [5.41, 5.74) is 3.75. The van der Waals surface area contributed by atoms with Crippen molar-refractivity contribution in [2.75, 3.05) is 6.61 Å². The van der Waals surface area contributed by atoms with Crippen molar-refractivity contribution in [2.24, 2.45) is 0 Å². The lowest BCUT2D eigenvalue weighted by atomic mass is 9.94. The van der Waals surface area contributed by atoms with Gasteiger partial charge in [-0.15, -0.1) is 0 Å². The van der Waals surface area contributed by atoms with Gasteiger partial charge in [-0.25, -0.2) is 0 Å².